The lowest BCUT2D eigenvalue weighted by Crippen LogP contribution is -2.37. The molecule has 0 aromatic heterocycles. The molecular weight excluding hydrogens is 188 g/mol. The molecular formula is C12H22N2O. The van der Waals surface area contributed by atoms with E-state index in [0.29, 0.717) is 18.0 Å². The van der Waals surface area contributed by atoms with Crippen LogP contribution in [0.5, 0.6) is 0 Å². The molecule has 2 fully saturated rings. The van der Waals surface area contributed by atoms with Crippen LogP contribution in [0.4, 0.5) is 0 Å². The molecule has 2 aliphatic rings. The Morgan fingerprint density at radius 3 is 2.73 bits per heavy atom. The molecule has 0 spiro atoms. The average Bonchev–Trinajstić information content (AvgIpc) is 2.93. The Balaban J connectivity index is 1.80. The van der Waals surface area contributed by atoms with E-state index in [-0.39, 0.29) is 0 Å². The largest absolute Gasteiger partial charge is 0.340 e. The highest BCUT2D eigenvalue weighted by Gasteiger charge is 2.32. The predicted molar refractivity (Wildman–Crippen MR) is 60.7 cm³/mol. The summed E-state index contributed by atoms with van der Waals surface area (Å²) >= 11 is 0. The van der Waals surface area contributed by atoms with Crippen molar-refractivity contribution in [2.45, 2.75) is 57.5 Å². The van der Waals surface area contributed by atoms with E-state index in [4.69, 9.17) is 0 Å². The van der Waals surface area contributed by atoms with E-state index in [1.165, 1.54) is 25.7 Å². The number of nitrogens with zero attached hydrogens (tertiary/aromatic N) is 1. The maximum Gasteiger partial charge on any atom is 0.224 e. The standard InChI is InChI=1S/C12H22N2O/c1-2-8-14(11-5-6-11)12(15)9-10-4-3-7-13-10/h10-11,13H,2-9H2,1H3. The monoisotopic (exact) mass is 210 g/mol. The Kier molecular flexibility index (Phi) is 3.62. The molecule has 3 heteroatoms. The van der Waals surface area contributed by atoms with Crippen LogP contribution >= 0.6 is 0 Å². The lowest BCUT2D eigenvalue weighted by molar-refractivity contribution is -0.132. The van der Waals surface area contributed by atoms with Crippen LogP contribution in [0.25, 0.3) is 0 Å². The molecule has 1 aliphatic heterocycles. The van der Waals surface area contributed by atoms with E-state index in [9.17, 15) is 4.79 Å². The fourth-order valence-corrected chi connectivity index (χ4v) is 2.40. The molecule has 2 rings (SSSR count). The first-order chi connectivity index (χ1) is 7.31. The van der Waals surface area contributed by atoms with Crippen LogP contribution in [0.2, 0.25) is 0 Å². The van der Waals surface area contributed by atoms with E-state index in [1.54, 1.807) is 0 Å². The minimum atomic E-state index is 0.374. The molecule has 1 aliphatic carbocycles. The Bertz CT molecular complexity index is 220. The number of hydrogen-bond acceptors (Lipinski definition) is 2. The summed E-state index contributed by atoms with van der Waals surface area (Å²) in [5, 5.41) is 3.40. The van der Waals surface area contributed by atoms with E-state index in [1.807, 2.05) is 0 Å². The van der Waals surface area contributed by atoms with Gasteiger partial charge in [-0.2, -0.15) is 0 Å². The van der Waals surface area contributed by atoms with Crippen LogP contribution < -0.4 is 5.32 Å². The third-order valence-electron chi connectivity index (χ3n) is 3.36. The molecule has 86 valence electrons. The molecule has 15 heavy (non-hydrogen) atoms. The molecule has 0 aromatic carbocycles. The minimum absolute atomic E-state index is 0.374. The van der Waals surface area contributed by atoms with E-state index in [0.717, 1.165) is 25.9 Å². The van der Waals surface area contributed by atoms with Crippen molar-refractivity contribution in [3.63, 3.8) is 0 Å². The minimum Gasteiger partial charge on any atom is -0.340 e. The van der Waals surface area contributed by atoms with Crippen molar-refractivity contribution >= 4 is 5.91 Å². The van der Waals surface area contributed by atoms with E-state index < -0.39 is 0 Å². The van der Waals surface area contributed by atoms with Gasteiger partial charge in [-0.25, -0.2) is 0 Å². The number of hydrogen-bond donors (Lipinski definition) is 1. The van der Waals surface area contributed by atoms with E-state index in [2.05, 4.69) is 17.1 Å². The molecule has 0 radical (unpaired) electrons. The molecule has 0 bridgehead atoms. The molecule has 0 aromatic rings. The maximum atomic E-state index is 12.1. The topological polar surface area (TPSA) is 32.3 Å². The van der Waals surface area contributed by atoms with Crippen molar-refractivity contribution in [2.75, 3.05) is 13.1 Å². The summed E-state index contributed by atoms with van der Waals surface area (Å²) in [6, 6.07) is 1.04. The maximum absolute atomic E-state index is 12.1. The molecule has 1 saturated carbocycles. The molecule has 1 saturated heterocycles. The SMILES string of the molecule is CCCN(C(=O)CC1CCCN1)C1CC1. The average molecular weight is 210 g/mol. The zero-order chi connectivity index (χ0) is 10.7. The smallest absolute Gasteiger partial charge is 0.224 e. The van der Waals surface area contributed by atoms with Crippen LogP contribution in [0.15, 0.2) is 0 Å². The Labute approximate surface area is 92.2 Å². The fourth-order valence-electron chi connectivity index (χ4n) is 2.40. The highest BCUT2D eigenvalue weighted by molar-refractivity contribution is 5.77. The number of rotatable bonds is 5. The van der Waals surface area contributed by atoms with Gasteiger partial charge < -0.3 is 10.2 Å². The van der Waals surface area contributed by atoms with Gasteiger partial charge in [-0.1, -0.05) is 6.92 Å². The van der Waals surface area contributed by atoms with Crippen molar-refractivity contribution in [3.05, 3.63) is 0 Å². The van der Waals surface area contributed by atoms with Gasteiger partial charge in [0.05, 0.1) is 0 Å². The predicted octanol–water partition coefficient (Wildman–Crippen LogP) is 1.53. The summed E-state index contributed by atoms with van der Waals surface area (Å²) in [6.07, 6.45) is 6.66. The summed E-state index contributed by atoms with van der Waals surface area (Å²) in [4.78, 5) is 14.2. The number of carbonyl (C=O) groups excluding carboxylic acids is 1. The first kappa shape index (κ1) is 10.9. The highest BCUT2D eigenvalue weighted by Crippen LogP contribution is 2.28. The van der Waals surface area contributed by atoms with Gasteiger partial charge in [0.2, 0.25) is 5.91 Å². The number of amides is 1. The van der Waals surface area contributed by atoms with Gasteiger partial charge in [-0.3, -0.25) is 4.79 Å². The van der Waals surface area contributed by atoms with Gasteiger partial charge >= 0.3 is 0 Å². The van der Waals surface area contributed by atoms with Gasteiger partial charge in [0.1, 0.15) is 0 Å². The summed E-state index contributed by atoms with van der Waals surface area (Å²) < 4.78 is 0. The van der Waals surface area contributed by atoms with Crippen LogP contribution in [-0.2, 0) is 4.79 Å². The molecule has 1 heterocycles. The van der Waals surface area contributed by atoms with Gasteiger partial charge in [0.25, 0.3) is 0 Å². The van der Waals surface area contributed by atoms with Crippen molar-refractivity contribution in [1.29, 1.82) is 0 Å². The van der Waals surface area contributed by atoms with Crippen molar-refractivity contribution in [3.8, 4) is 0 Å². The Morgan fingerprint density at radius 1 is 1.40 bits per heavy atom. The lowest BCUT2D eigenvalue weighted by Gasteiger charge is -2.23. The second-order valence-electron chi connectivity index (χ2n) is 4.82. The van der Waals surface area contributed by atoms with Crippen LogP contribution in [0.1, 0.15) is 45.4 Å². The number of nitrogens with one attached hydrogen (secondary N) is 1. The van der Waals surface area contributed by atoms with Gasteiger partial charge in [-0.05, 0) is 38.6 Å². The van der Waals surface area contributed by atoms with Crippen molar-refractivity contribution in [2.24, 2.45) is 0 Å². The molecule has 1 amide bonds. The second-order valence-corrected chi connectivity index (χ2v) is 4.82. The second kappa shape index (κ2) is 4.97. The third-order valence-corrected chi connectivity index (χ3v) is 3.36. The van der Waals surface area contributed by atoms with Gasteiger partial charge in [0.15, 0.2) is 0 Å². The Morgan fingerprint density at radius 2 is 2.20 bits per heavy atom. The van der Waals surface area contributed by atoms with Gasteiger partial charge in [0, 0.05) is 25.0 Å². The highest BCUT2D eigenvalue weighted by atomic mass is 16.2. The van der Waals surface area contributed by atoms with Crippen molar-refractivity contribution < 1.29 is 4.79 Å². The quantitative estimate of drug-likeness (QED) is 0.746. The fraction of sp³-hybridized carbons (Fsp3) is 0.917. The van der Waals surface area contributed by atoms with Gasteiger partial charge in [-0.15, -0.1) is 0 Å². The summed E-state index contributed by atoms with van der Waals surface area (Å²) in [5.74, 6) is 0.374. The number of carbonyl (C=O) groups is 1. The summed E-state index contributed by atoms with van der Waals surface area (Å²) in [7, 11) is 0. The Hall–Kier alpha value is -0.570. The van der Waals surface area contributed by atoms with Crippen molar-refractivity contribution in [1.82, 2.24) is 10.2 Å². The van der Waals surface area contributed by atoms with Crippen LogP contribution in [0.3, 0.4) is 0 Å². The van der Waals surface area contributed by atoms with Crippen LogP contribution in [0, 0.1) is 0 Å². The van der Waals surface area contributed by atoms with E-state index >= 15 is 0 Å². The normalized spacial score (nSPS) is 25.5. The van der Waals surface area contributed by atoms with Crippen LogP contribution in [-0.4, -0.2) is 36.0 Å². The third kappa shape index (κ3) is 2.94. The molecule has 1 atom stereocenters. The molecule has 3 nitrogen and oxygen atoms in total. The summed E-state index contributed by atoms with van der Waals surface area (Å²) in [5.41, 5.74) is 0. The molecule has 1 unspecified atom stereocenters. The lowest BCUT2D eigenvalue weighted by atomic mass is 10.1. The summed E-state index contributed by atoms with van der Waals surface area (Å²) in [6.45, 7) is 4.20. The zero-order valence-electron chi connectivity index (χ0n) is 9.67. The molecule has 1 N–H and O–H groups in total. The zero-order valence-corrected chi connectivity index (χ0v) is 9.67. The first-order valence-corrected chi connectivity index (χ1v) is 6.34. The first-order valence-electron chi connectivity index (χ1n) is 6.34.